The molecule has 1 aliphatic rings. The highest BCUT2D eigenvalue weighted by Gasteiger charge is 2.45. The fraction of sp³-hybridized carbons (Fsp3) is 0.389. The number of hydrogen-bond donors (Lipinski definition) is 4. The molecule has 1 aromatic carbocycles. The number of aliphatic hydroxyl groups excluding tert-OH is 2. The number of methoxy groups -OCH3 is 1. The molecule has 4 atom stereocenters. The summed E-state index contributed by atoms with van der Waals surface area (Å²) < 4.78 is 32.7. The third-order valence-electron chi connectivity index (χ3n) is 5.17. The molecule has 1 saturated heterocycles. The van der Waals surface area contributed by atoms with E-state index in [9.17, 15) is 24.4 Å². The van der Waals surface area contributed by atoms with E-state index in [1.54, 1.807) is 18.2 Å². The number of aromatic nitrogens is 3. The van der Waals surface area contributed by atoms with E-state index in [0.717, 1.165) is 21.4 Å². The topological polar surface area (TPSA) is 196 Å². The van der Waals surface area contributed by atoms with Crippen LogP contribution in [0, 0.1) is 0 Å². The maximum absolute atomic E-state index is 13.1. The van der Waals surface area contributed by atoms with Gasteiger partial charge in [0, 0.05) is 12.3 Å². The molecule has 33 heavy (non-hydrogen) atoms. The molecule has 0 bridgehead atoms. The quantitative estimate of drug-likeness (QED) is 0.297. The Balaban J connectivity index is 1.65. The minimum absolute atomic E-state index is 0.269. The zero-order valence-corrected chi connectivity index (χ0v) is 17.9. The number of fused-ring (bicyclic) bond motifs is 1. The van der Waals surface area contributed by atoms with Crippen molar-refractivity contribution in [2.75, 3.05) is 13.7 Å². The number of phosphoric ester groups is 1. The molecule has 0 radical (unpaired) electrons. The van der Waals surface area contributed by atoms with Crippen molar-refractivity contribution in [3.8, 4) is 5.75 Å². The Kier molecular flexibility index (Phi) is 6.24. The van der Waals surface area contributed by atoms with E-state index in [4.69, 9.17) is 23.8 Å². The maximum Gasteiger partial charge on any atom is 0.469 e. The molecule has 178 valence electrons. The van der Waals surface area contributed by atoms with Crippen molar-refractivity contribution in [2.24, 2.45) is 0 Å². The van der Waals surface area contributed by atoms with Crippen LogP contribution in [0.15, 0.2) is 44.6 Å². The summed E-state index contributed by atoms with van der Waals surface area (Å²) in [5.41, 5.74) is -0.846. The van der Waals surface area contributed by atoms with Crippen molar-refractivity contribution in [3.05, 3.63) is 57.0 Å². The summed E-state index contributed by atoms with van der Waals surface area (Å²) in [7, 11) is -3.37. The van der Waals surface area contributed by atoms with Crippen LogP contribution in [0.1, 0.15) is 11.9 Å². The summed E-state index contributed by atoms with van der Waals surface area (Å²) in [6.07, 6.45) is -4.95. The van der Waals surface area contributed by atoms with E-state index in [-0.39, 0.29) is 12.2 Å². The van der Waals surface area contributed by atoms with Gasteiger partial charge in [-0.15, -0.1) is 0 Å². The highest BCUT2D eigenvalue weighted by molar-refractivity contribution is 7.46. The van der Waals surface area contributed by atoms with Gasteiger partial charge < -0.3 is 34.0 Å². The van der Waals surface area contributed by atoms with Gasteiger partial charge in [0.25, 0.3) is 5.56 Å². The summed E-state index contributed by atoms with van der Waals surface area (Å²) >= 11 is 0. The summed E-state index contributed by atoms with van der Waals surface area (Å²) in [5, 5.41) is 24.9. The summed E-state index contributed by atoms with van der Waals surface area (Å²) in [6.45, 7) is -1.01. The molecule has 1 unspecified atom stereocenters. The van der Waals surface area contributed by atoms with Crippen molar-refractivity contribution in [2.45, 2.75) is 31.1 Å². The number of hydrogen-bond acceptors (Lipinski definition) is 10. The second-order valence-corrected chi connectivity index (χ2v) is 8.49. The zero-order chi connectivity index (χ0) is 23.9. The van der Waals surface area contributed by atoms with Gasteiger partial charge in [0.2, 0.25) is 0 Å². The van der Waals surface area contributed by atoms with Crippen molar-refractivity contribution in [1.29, 1.82) is 0 Å². The van der Waals surface area contributed by atoms with E-state index < -0.39 is 50.2 Å². The van der Waals surface area contributed by atoms with Crippen LogP contribution in [-0.2, 0) is 20.4 Å². The second kappa shape index (κ2) is 8.83. The van der Waals surface area contributed by atoms with E-state index in [1.807, 2.05) is 0 Å². The Morgan fingerprint density at radius 3 is 2.64 bits per heavy atom. The van der Waals surface area contributed by atoms with Crippen LogP contribution in [0.25, 0.3) is 11.0 Å². The number of rotatable bonds is 7. The predicted octanol–water partition coefficient (Wildman–Crippen LogP) is -1.06. The molecule has 4 rings (SSSR count). The number of aliphatic hydroxyl groups is 2. The first-order chi connectivity index (χ1) is 15.6. The van der Waals surface area contributed by atoms with Crippen molar-refractivity contribution in [1.82, 2.24) is 14.3 Å². The van der Waals surface area contributed by atoms with Gasteiger partial charge in [-0.25, -0.2) is 9.36 Å². The molecule has 15 heteroatoms. The molecule has 3 heterocycles. The average molecular weight is 485 g/mol. The number of phosphoric acid groups is 1. The minimum Gasteiger partial charge on any atom is -0.497 e. The van der Waals surface area contributed by atoms with Crippen LogP contribution >= 0.6 is 7.82 Å². The Hall–Kier alpha value is -2.84. The molecule has 2 aromatic heterocycles. The molecule has 14 nitrogen and oxygen atoms in total. The van der Waals surface area contributed by atoms with Crippen molar-refractivity contribution >= 4 is 18.8 Å². The van der Waals surface area contributed by atoms with Crippen LogP contribution < -0.4 is 16.0 Å². The molecular weight excluding hydrogens is 465 g/mol. The lowest BCUT2D eigenvalue weighted by molar-refractivity contribution is -0.0548. The molecule has 4 N–H and O–H groups in total. The lowest BCUT2D eigenvalue weighted by Gasteiger charge is -2.18. The van der Waals surface area contributed by atoms with Crippen LogP contribution in [0.5, 0.6) is 5.75 Å². The lowest BCUT2D eigenvalue weighted by atomic mass is 10.1. The third kappa shape index (κ3) is 4.63. The highest BCUT2D eigenvalue weighted by atomic mass is 31.2. The van der Waals surface area contributed by atoms with Crippen molar-refractivity contribution < 1.29 is 43.1 Å². The Labute approximate surface area is 184 Å². The molecular formula is C18H20N3O11P. The van der Waals surface area contributed by atoms with Crippen molar-refractivity contribution in [3.63, 3.8) is 0 Å². The Bertz CT molecular complexity index is 1330. The van der Waals surface area contributed by atoms with E-state index in [1.165, 1.54) is 7.11 Å². The van der Waals surface area contributed by atoms with Crippen LogP contribution in [0.4, 0.5) is 0 Å². The molecule has 0 amide bonds. The fourth-order valence-corrected chi connectivity index (χ4v) is 3.84. The lowest BCUT2D eigenvalue weighted by Crippen LogP contribution is -2.43. The van der Waals surface area contributed by atoms with Gasteiger partial charge in [-0.05, 0) is 18.2 Å². The van der Waals surface area contributed by atoms with Gasteiger partial charge in [0.1, 0.15) is 29.8 Å². The molecule has 1 aliphatic heterocycles. The van der Waals surface area contributed by atoms with E-state index in [0.29, 0.717) is 16.7 Å². The molecule has 0 saturated carbocycles. The number of ether oxygens (including phenoxy) is 2. The first-order valence-electron chi connectivity index (χ1n) is 9.55. The number of benzene rings is 1. The fourth-order valence-electron chi connectivity index (χ4n) is 3.50. The first-order valence-corrected chi connectivity index (χ1v) is 11.1. The monoisotopic (exact) mass is 485 g/mol. The Morgan fingerprint density at radius 2 is 1.94 bits per heavy atom. The van der Waals surface area contributed by atoms with Gasteiger partial charge in [-0.2, -0.15) is 0 Å². The largest absolute Gasteiger partial charge is 0.497 e. The molecule has 1 fully saturated rings. The zero-order valence-electron chi connectivity index (χ0n) is 17.0. The van der Waals surface area contributed by atoms with Crippen LogP contribution in [0.2, 0.25) is 0 Å². The molecule has 0 aliphatic carbocycles. The van der Waals surface area contributed by atoms with Gasteiger partial charge in [0.05, 0.1) is 25.6 Å². The van der Waals surface area contributed by atoms with Gasteiger partial charge in [0.15, 0.2) is 11.8 Å². The average Bonchev–Trinajstić information content (AvgIpc) is 3.29. The van der Waals surface area contributed by atoms with E-state index in [2.05, 4.69) is 9.68 Å². The second-order valence-electron chi connectivity index (χ2n) is 7.25. The van der Waals surface area contributed by atoms with Crippen LogP contribution in [-0.4, -0.2) is 66.3 Å². The minimum atomic E-state index is -4.85. The van der Waals surface area contributed by atoms with Crippen LogP contribution in [0.3, 0.4) is 0 Å². The SMILES string of the molecule is COc1ccc2onc(Cn3c(=O)ccn([C@@H]4O[C@H](COP(=O)(O)O)[C@H](O)C4O)c3=O)c2c1. The first kappa shape index (κ1) is 23.3. The van der Waals surface area contributed by atoms with Gasteiger partial charge in [-0.1, -0.05) is 5.16 Å². The van der Waals surface area contributed by atoms with Gasteiger partial charge >= 0.3 is 13.5 Å². The molecule has 3 aromatic rings. The predicted molar refractivity (Wildman–Crippen MR) is 109 cm³/mol. The third-order valence-corrected chi connectivity index (χ3v) is 5.66. The summed E-state index contributed by atoms with van der Waals surface area (Å²) in [5.74, 6) is 0.518. The molecule has 0 spiro atoms. The summed E-state index contributed by atoms with van der Waals surface area (Å²) in [4.78, 5) is 43.1. The highest BCUT2D eigenvalue weighted by Crippen LogP contribution is 2.38. The summed E-state index contributed by atoms with van der Waals surface area (Å²) in [6, 6.07) is 5.99. The number of nitrogens with zero attached hydrogens (tertiary/aromatic N) is 3. The Morgan fingerprint density at radius 1 is 1.18 bits per heavy atom. The van der Waals surface area contributed by atoms with Gasteiger partial charge in [-0.3, -0.25) is 18.5 Å². The standard InChI is InChI=1S/C18H20N3O11P/c1-29-9-2-3-12-10(6-9)11(19-32-12)7-21-14(22)4-5-20(18(21)25)17-16(24)15(23)13(31-17)8-30-33(26,27)28/h2-6,13,15-17,23-24H,7-8H2,1H3,(H2,26,27,28)/t13-,15+,16?,17-/m1/s1. The maximum atomic E-state index is 13.1. The van der Waals surface area contributed by atoms with E-state index >= 15 is 0 Å². The smallest absolute Gasteiger partial charge is 0.469 e. The normalized spacial score (nSPS) is 23.3.